The summed E-state index contributed by atoms with van der Waals surface area (Å²) in [5.74, 6) is 1.44. The van der Waals surface area contributed by atoms with Gasteiger partial charge in [0.05, 0.1) is 5.41 Å². The highest BCUT2D eigenvalue weighted by atomic mass is 19.1. The number of piperidine rings is 1. The van der Waals surface area contributed by atoms with Gasteiger partial charge in [-0.05, 0) is 49.3 Å². The molecule has 5 heteroatoms. The van der Waals surface area contributed by atoms with Crippen molar-refractivity contribution in [2.75, 3.05) is 13.1 Å². The van der Waals surface area contributed by atoms with Crippen molar-refractivity contribution in [1.82, 2.24) is 14.5 Å². The molecule has 0 N–H and O–H groups in total. The largest absolute Gasteiger partial charge is 0.342 e. The Hall–Kier alpha value is -2.17. The number of imidazole rings is 1. The van der Waals surface area contributed by atoms with Crippen LogP contribution >= 0.6 is 0 Å². The minimum atomic E-state index is -0.479. The quantitative estimate of drug-likeness (QED) is 0.857. The summed E-state index contributed by atoms with van der Waals surface area (Å²) in [5, 5.41) is 0. The first-order chi connectivity index (χ1) is 12.1. The molecule has 0 bridgehead atoms. The summed E-state index contributed by atoms with van der Waals surface area (Å²) in [6.45, 7) is 1.59. The number of aromatic nitrogens is 2. The summed E-state index contributed by atoms with van der Waals surface area (Å²) in [7, 11) is 2.01. The fourth-order valence-electron chi connectivity index (χ4n) is 4.11. The van der Waals surface area contributed by atoms with Gasteiger partial charge in [-0.3, -0.25) is 4.79 Å². The predicted molar refractivity (Wildman–Crippen MR) is 93.5 cm³/mol. The molecule has 1 atom stereocenters. The number of likely N-dealkylation sites (tertiary alicyclic amines) is 1. The second-order valence-electron chi connectivity index (χ2n) is 7.51. The van der Waals surface area contributed by atoms with Crippen LogP contribution in [0.25, 0.3) is 0 Å². The van der Waals surface area contributed by atoms with Gasteiger partial charge in [0.2, 0.25) is 5.91 Å². The van der Waals surface area contributed by atoms with Crippen LogP contribution < -0.4 is 0 Å². The third-order valence-corrected chi connectivity index (χ3v) is 5.74. The van der Waals surface area contributed by atoms with Crippen molar-refractivity contribution < 1.29 is 9.18 Å². The molecule has 1 saturated heterocycles. The predicted octanol–water partition coefficient (Wildman–Crippen LogP) is 3.07. The lowest BCUT2D eigenvalue weighted by Crippen LogP contribution is -2.45. The van der Waals surface area contributed by atoms with E-state index in [2.05, 4.69) is 9.55 Å². The highest BCUT2D eigenvalue weighted by Gasteiger charge is 2.53. The average molecular weight is 341 g/mol. The SMILES string of the molecule is Cn1ccnc1C[C@@H]1CCCN(C(=O)C2(c3cccc(F)c3)CC2)C1. The van der Waals surface area contributed by atoms with Gasteiger partial charge in [-0.2, -0.15) is 0 Å². The first-order valence-electron chi connectivity index (χ1n) is 9.10. The van der Waals surface area contributed by atoms with Crippen molar-refractivity contribution in [2.45, 2.75) is 37.5 Å². The van der Waals surface area contributed by atoms with Crippen molar-refractivity contribution in [1.29, 1.82) is 0 Å². The fraction of sp³-hybridized carbons (Fsp3) is 0.500. The van der Waals surface area contributed by atoms with Crippen LogP contribution in [-0.2, 0) is 23.7 Å². The van der Waals surface area contributed by atoms with Gasteiger partial charge >= 0.3 is 0 Å². The molecule has 0 unspecified atom stereocenters. The molecule has 2 aliphatic rings. The molecule has 4 nitrogen and oxygen atoms in total. The van der Waals surface area contributed by atoms with Crippen LogP contribution in [0.3, 0.4) is 0 Å². The second-order valence-corrected chi connectivity index (χ2v) is 7.51. The Morgan fingerprint density at radius 2 is 2.24 bits per heavy atom. The monoisotopic (exact) mass is 341 g/mol. The van der Waals surface area contributed by atoms with Gasteiger partial charge in [0.15, 0.2) is 0 Å². The molecule has 1 aliphatic heterocycles. The Morgan fingerprint density at radius 3 is 2.92 bits per heavy atom. The minimum absolute atomic E-state index is 0.183. The third kappa shape index (κ3) is 3.08. The minimum Gasteiger partial charge on any atom is -0.342 e. The second kappa shape index (κ2) is 6.28. The molecule has 0 radical (unpaired) electrons. The molecule has 4 rings (SSSR count). The van der Waals surface area contributed by atoms with E-state index in [-0.39, 0.29) is 11.7 Å². The normalized spacial score (nSPS) is 22.0. The van der Waals surface area contributed by atoms with E-state index < -0.39 is 5.41 Å². The van der Waals surface area contributed by atoms with Crippen molar-refractivity contribution in [2.24, 2.45) is 13.0 Å². The number of rotatable bonds is 4. The van der Waals surface area contributed by atoms with Crippen LogP contribution in [-0.4, -0.2) is 33.4 Å². The standard InChI is InChI=1S/C20H24FN3O/c1-23-11-9-22-18(23)12-15-4-3-10-24(14-15)19(25)20(7-8-20)16-5-2-6-17(21)13-16/h2,5-6,9,11,13,15H,3-4,7-8,10,12,14H2,1H3/t15-/m0/s1. The van der Waals surface area contributed by atoms with E-state index in [1.807, 2.05) is 30.4 Å². The van der Waals surface area contributed by atoms with Gasteiger partial charge in [-0.25, -0.2) is 9.37 Å². The number of hydrogen-bond acceptors (Lipinski definition) is 2. The molecule has 1 saturated carbocycles. The van der Waals surface area contributed by atoms with Crippen LogP contribution in [0.5, 0.6) is 0 Å². The fourth-order valence-corrected chi connectivity index (χ4v) is 4.11. The maximum atomic E-state index is 13.6. The zero-order valence-corrected chi connectivity index (χ0v) is 14.6. The van der Waals surface area contributed by atoms with Crippen molar-refractivity contribution in [3.05, 3.63) is 53.9 Å². The van der Waals surface area contributed by atoms with Crippen LogP contribution in [0, 0.1) is 11.7 Å². The molecule has 132 valence electrons. The average Bonchev–Trinajstić information content (AvgIpc) is 3.34. The zero-order chi connectivity index (χ0) is 17.4. The Kier molecular flexibility index (Phi) is 4.10. The van der Waals surface area contributed by atoms with E-state index in [4.69, 9.17) is 0 Å². The summed E-state index contributed by atoms with van der Waals surface area (Å²) in [4.78, 5) is 19.6. The molecule has 1 amide bonds. The molecule has 2 aromatic rings. The summed E-state index contributed by atoms with van der Waals surface area (Å²) in [5.41, 5.74) is 0.358. The van der Waals surface area contributed by atoms with Crippen molar-refractivity contribution in [3.63, 3.8) is 0 Å². The summed E-state index contributed by atoms with van der Waals surface area (Å²) in [6, 6.07) is 6.56. The third-order valence-electron chi connectivity index (χ3n) is 5.74. The van der Waals surface area contributed by atoms with Gasteiger partial charge in [0, 0.05) is 39.0 Å². The number of carbonyl (C=O) groups excluding carboxylic acids is 1. The maximum absolute atomic E-state index is 13.6. The number of carbonyl (C=O) groups is 1. The highest BCUT2D eigenvalue weighted by molar-refractivity contribution is 5.91. The van der Waals surface area contributed by atoms with E-state index in [1.54, 1.807) is 6.07 Å². The van der Waals surface area contributed by atoms with Crippen molar-refractivity contribution >= 4 is 5.91 Å². The lowest BCUT2D eigenvalue weighted by molar-refractivity contribution is -0.135. The Labute approximate surface area is 147 Å². The Morgan fingerprint density at radius 1 is 1.40 bits per heavy atom. The number of amides is 1. The molecule has 1 aliphatic carbocycles. The lowest BCUT2D eigenvalue weighted by Gasteiger charge is -2.35. The lowest BCUT2D eigenvalue weighted by atomic mass is 9.90. The van der Waals surface area contributed by atoms with Crippen LogP contribution in [0.4, 0.5) is 4.39 Å². The van der Waals surface area contributed by atoms with E-state index in [0.717, 1.165) is 56.6 Å². The summed E-state index contributed by atoms with van der Waals surface area (Å²) < 4.78 is 15.7. The molecular weight excluding hydrogens is 317 g/mol. The number of benzene rings is 1. The van der Waals surface area contributed by atoms with E-state index in [1.165, 1.54) is 12.1 Å². The molecular formula is C20H24FN3O. The van der Waals surface area contributed by atoms with Gasteiger partial charge in [-0.15, -0.1) is 0 Å². The summed E-state index contributed by atoms with van der Waals surface area (Å²) in [6.07, 6.45) is 8.50. The van der Waals surface area contributed by atoms with Crippen molar-refractivity contribution in [3.8, 4) is 0 Å². The first kappa shape index (κ1) is 16.3. The van der Waals surface area contributed by atoms with Gasteiger partial charge in [0.1, 0.15) is 11.6 Å². The molecule has 1 aromatic heterocycles. The molecule has 1 aromatic carbocycles. The van der Waals surface area contributed by atoms with Gasteiger partial charge in [0.25, 0.3) is 0 Å². The number of aryl methyl sites for hydroxylation is 1. The Bertz CT molecular complexity index is 781. The molecule has 2 fully saturated rings. The number of halogens is 1. The van der Waals surface area contributed by atoms with E-state index in [9.17, 15) is 9.18 Å². The molecule has 0 spiro atoms. The van der Waals surface area contributed by atoms with E-state index in [0.29, 0.717) is 5.92 Å². The molecule has 25 heavy (non-hydrogen) atoms. The topological polar surface area (TPSA) is 38.1 Å². The smallest absolute Gasteiger partial charge is 0.233 e. The van der Waals surface area contributed by atoms with Crippen LogP contribution in [0.2, 0.25) is 0 Å². The number of nitrogens with zero attached hydrogens (tertiary/aromatic N) is 3. The maximum Gasteiger partial charge on any atom is 0.233 e. The molecule has 2 heterocycles. The number of hydrogen-bond donors (Lipinski definition) is 0. The zero-order valence-electron chi connectivity index (χ0n) is 14.6. The van der Waals surface area contributed by atoms with Crippen LogP contribution in [0.15, 0.2) is 36.7 Å². The first-order valence-corrected chi connectivity index (χ1v) is 9.10. The highest BCUT2D eigenvalue weighted by Crippen LogP contribution is 2.50. The van der Waals surface area contributed by atoms with Gasteiger partial charge in [-0.1, -0.05) is 12.1 Å². The summed E-state index contributed by atoms with van der Waals surface area (Å²) >= 11 is 0. The van der Waals surface area contributed by atoms with E-state index >= 15 is 0 Å². The van der Waals surface area contributed by atoms with Crippen LogP contribution in [0.1, 0.15) is 37.1 Å². The Balaban J connectivity index is 1.48. The van der Waals surface area contributed by atoms with Gasteiger partial charge < -0.3 is 9.47 Å².